The van der Waals surface area contributed by atoms with E-state index in [2.05, 4.69) is 25.5 Å². The second kappa shape index (κ2) is 4.25. The molecule has 2 N–H and O–H groups in total. The maximum absolute atomic E-state index is 11.5. The molecule has 2 heterocycles. The first-order chi connectivity index (χ1) is 8.84. The molecule has 0 unspecified atom stereocenters. The topological polar surface area (TPSA) is 83.6 Å². The molecule has 0 bridgehead atoms. The van der Waals surface area contributed by atoms with Crippen LogP contribution < -0.4 is 10.9 Å². The number of hydrogen-bond donors (Lipinski definition) is 2. The number of nitrogens with zero attached hydrogens (tertiary/aromatic N) is 3. The number of anilines is 2. The van der Waals surface area contributed by atoms with Crippen LogP contribution in [0.4, 0.5) is 11.5 Å². The van der Waals surface area contributed by atoms with Crippen molar-refractivity contribution in [1.29, 1.82) is 0 Å². The molecule has 6 nitrogen and oxygen atoms in total. The lowest BCUT2D eigenvalue weighted by atomic mass is 10.2. The number of fused-ring (bicyclic) bond motifs is 1. The van der Waals surface area contributed by atoms with E-state index in [4.69, 9.17) is 0 Å². The van der Waals surface area contributed by atoms with Crippen LogP contribution in [0.1, 0.15) is 0 Å². The molecule has 1 aromatic carbocycles. The first kappa shape index (κ1) is 10.4. The molecule has 6 heteroatoms. The number of aromatic nitrogens is 4. The zero-order valence-corrected chi connectivity index (χ0v) is 9.29. The number of benzene rings is 1. The number of hydrogen-bond acceptors (Lipinski definition) is 5. The maximum atomic E-state index is 11.5. The van der Waals surface area contributed by atoms with Crippen LogP contribution >= 0.6 is 0 Å². The number of nitrogens with one attached hydrogen (secondary N) is 2. The monoisotopic (exact) mass is 239 g/mol. The Balaban J connectivity index is 2.11. The zero-order valence-electron chi connectivity index (χ0n) is 9.29. The predicted molar refractivity (Wildman–Crippen MR) is 67.7 cm³/mol. The molecule has 88 valence electrons. The fraction of sp³-hybridized carbons (Fsp3) is 0. The Bertz CT molecular complexity index is 747. The van der Waals surface area contributed by atoms with Gasteiger partial charge in [0.2, 0.25) is 0 Å². The summed E-state index contributed by atoms with van der Waals surface area (Å²) < 4.78 is 0. The molecule has 2 aromatic heterocycles. The number of aromatic amines is 1. The molecule has 0 aliphatic heterocycles. The summed E-state index contributed by atoms with van der Waals surface area (Å²) in [6.45, 7) is 0. The minimum atomic E-state index is -0.291. The van der Waals surface area contributed by atoms with E-state index in [1.165, 1.54) is 12.5 Å². The van der Waals surface area contributed by atoms with E-state index in [1.54, 1.807) is 6.07 Å². The van der Waals surface area contributed by atoms with E-state index in [-0.39, 0.29) is 5.56 Å². The van der Waals surface area contributed by atoms with Crippen molar-refractivity contribution in [1.82, 2.24) is 20.2 Å². The van der Waals surface area contributed by atoms with Crippen molar-refractivity contribution in [2.45, 2.75) is 0 Å². The lowest BCUT2D eigenvalue weighted by Gasteiger charge is -2.06. The molecule has 0 radical (unpaired) electrons. The minimum Gasteiger partial charge on any atom is -0.335 e. The summed E-state index contributed by atoms with van der Waals surface area (Å²) in [5, 5.41) is 9.83. The smallest absolute Gasteiger partial charge is 0.287 e. The largest absolute Gasteiger partial charge is 0.335 e. The van der Waals surface area contributed by atoms with Crippen molar-refractivity contribution in [2.75, 3.05) is 5.32 Å². The van der Waals surface area contributed by atoms with E-state index in [9.17, 15) is 4.79 Å². The van der Waals surface area contributed by atoms with Crippen molar-refractivity contribution >= 4 is 22.4 Å². The van der Waals surface area contributed by atoms with Crippen LogP contribution in [0.3, 0.4) is 0 Å². The highest BCUT2D eigenvalue weighted by atomic mass is 16.1. The van der Waals surface area contributed by atoms with Gasteiger partial charge in [-0.25, -0.2) is 15.1 Å². The maximum Gasteiger partial charge on any atom is 0.287 e. The Morgan fingerprint density at radius 1 is 1.11 bits per heavy atom. The Kier molecular flexibility index (Phi) is 2.45. The normalized spacial score (nSPS) is 10.4. The van der Waals surface area contributed by atoms with Crippen molar-refractivity contribution in [3.05, 3.63) is 53.2 Å². The standard InChI is InChI=1S/C12H9N5O/c18-12-10(5-6-15-17-12)16-11-8-3-1-2-4-9(8)13-7-14-11/h1-7H,(H,17,18)(H,13,14,15,16). The number of rotatable bonds is 2. The summed E-state index contributed by atoms with van der Waals surface area (Å²) in [6.07, 6.45) is 2.97. The van der Waals surface area contributed by atoms with Crippen LogP contribution in [0.5, 0.6) is 0 Å². The van der Waals surface area contributed by atoms with Crippen molar-refractivity contribution in [3.8, 4) is 0 Å². The van der Waals surface area contributed by atoms with E-state index >= 15 is 0 Å². The van der Waals surface area contributed by atoms with E-state index in [0.29, 0.717) is 11.5 Å². The Morgan fingerprint density at radius 2 is 2.00 bits per heavy atom. The molecule has 3 rings (SSSR count). The summed E-state index contributed by atoms with van der Waals surface area (Å²) in [4.78, 5) is 19.8. The fourth-order valence-electron chi connectivity index (χ4n) is 1.67. The van der Waals surface area contributed by atoms with Crippen LogP contribution in [0.15, 0.2) is 47.7 Å². The van der Waals surface area contributed by atoms with E-state index in [1.807, 2.05) is 24.3 Å². The number of H-pyrrole nitrogens is 1. The molecule has 0 fully saturated rings. The Hall–Kier alpha value is -2.76. The van der Waals surface area contributed by atoms with Gasteiger partial charge in [0, 0.05) is 11.6 Å². The van der Waals surface area contributed by atoms with Gasteiger partial charge in [0.1, 0.15) is 17.8 Å². The SMILES string of the molecule is O=c1[nH]nccc1Nc1ncnc2ccccc12. The summed E-state index contributed by atoms with van der Waals surface area (Å²) >= 11 is 0. The van der Waals surface area contributed by atoms with Gasteiger partial charge in [0.15, 0.2) is 0 Å². The molecular weight excluding hydrogens is 230 g/mol. The average Bonchev–Trinajstić information content (AvgIpc) is 2.42. The van der Waals surface area contributed by atoms with Crippen LogP contribution in [-0.4, -0.2) is 20.2 Å². The molecule has 3 aromatic rings. The second-order valence-corrected chi connectivity index (χ2v) is 3.66. The van der Waals surface area contributed by atoms with Crippen molar-refractivity contribution in [2.24, 2.45) is 0 Å². The summed E-state index contributed by atoms with van der Waals surface area (Å²) in [5.74, 6) is 0.595. The molecule has 18 heavy (non-hydrogen) atoms. The summed E-state index contributed by atoms with van der Waals surface area (Å²) in [7, 11) is 0. The quantitative estimate of drug-likeness (QED) is 0.707. The Morgan fingerprint density at radius 3 is 2.89 bits per heavy atom. The highest BCUT2D eigenvalue weighted by molar-refractivity contribution is 5.90. The van der Waals surface area contributed by atoms with Gasteiger partial charge in [0.25, 0.3) is 5.56 Å². The van der Waals surface area contributed by atoms with Crippen molar-refractivity contribution in [3.63, 3.8) is 0 Å². The van der Waals surface area contributed by atoms with Gasteiger partial charge in [-0.05, 0) is 18.2 Å². The summed E-state index contributed by atoms with van der Waals surface area (Å²) in [6, 6.07) is 9.17. The molecule has 0 spiro atoms. The van der Waals surface area contributed by atoms with Crippen molar-refractivity contribution < 1.29 is 0 Å². The van der Waals surface area contributed by atoms with Gasteiger partial charge in [0.05, 0.1) is 5.52 Å². The summed E-state index contributed by atoms with van der Waals surface area (Å²) in [5.41, 5.74) is 0.925. The van der Waals surface area contributed by atoms with Crippen LogP contribution in [0.2, 0.25) is 0 Å². The second-order valence-electron chi connectivity index (χ2n) is 3.66. The highest BCUT2D eigenvalue weighted by Crippen LogP contribution is 2.20. The van der Waals surface area contributed by atoms with Gasteiger partial charge in [-0.1, -0.05) is 12.1 Å². The first-order valence-electron chi connectivity index (χ1n) is 5.35. The van der Waals surface area contributed by atoms with Gasteiger partial charge < -0.3 is 5.32 Å². The van der Waals surface area contributed by atoms with Gasteiger partial charge in [-0.3, -0.25) is 4.79 Å². The van der Waals surface area contributed by atoms with Gasteiger partial charge >= 0.3 is 0 Å². The zero-order chi connectivity index (χ0) is 12.4. The first-order valence-corrected chi connectivity index (χ1v) is 5.35. The average molecular weight is 239 g/mol. The molecule has 0 aliphatic carbocycles. The van der Waals surface area contributed by atoms with E-state index in [0.717, 1.165) is 10.9 Å². The lowest BCUT2D eigenvalue weighted by Crippen LogP contribution is -2.12. The molecule has 0 aliphatic rings. The minimum absolute atomic E-state index is 0.291. The predicted octanol–water partition coefficient (Wildman–Crippen LogP) is 1.46. The van der Waals surface area contributed by atoms with Crippen LogP contribution in [0.25, 0.3) is 10.9 Å². The molecular formula is C12H9N5O. The highest BCUT2D eigenvalue weighted by Gasteiger charge is 2.05. The van der Waals surface area contributed by atoms with Crippen LogP contribution in [-0.2, 0) is 0 Å². The van der Waals surface area contributed by atoms with Gasteiger partial charge in [-0.15, -0.1) is 0 Å². The third-order valence-corrected chi connectivity index (χ3v) is 2.52. The molecule has 0 amide bonds. The fourth-order valence-corrected chi connectivity index (χ4v) is 1.67. The Labute approximate surface area is 102 Å². The third kappa shape index (κ3) is 1.80. The number of para-hydroxylation sites is 1. The third-order valence-electron chi connectivity index (χ3n) is 2.52. The van der Waals surface area contributed by atoms with Crippen LogP contribution in [0, 0.1) is 0 Å². The molecule has 0 saturated heterocycles. The lowest BCUT2D eigenvalue weighted by molar-refractivity contribution is 0.990. The molecule has 0 saturated carbocycles. The van der Waals surface area contributed by atoms with Gasteiger partial charge in [-0.2, -0.15) is 5.10 Å². The molecule has 0 atom stereocenters. The van der Waals surface area contributed by atoms with E-state index < -0.39 is 0 Å².